The Bertz CT molecular complexity index is 846. The van der Waals surface area contributed by atoms with Crippen LogP contribution in [0.3, 0.4) is 0 Å². The molecule has 1 aromatic carbocycles. The Labute approximate surface area is 159 Å². The fourth-order valence-electron chi connectivity index (χ4n) is 1.89. The third kappa shape index (κ3) is 4.39. The summed E-state index contributed by atoms with van der Waals surface area (Å²) in [6.45, 7) is 0. The van der Waals surface area contributed by atoms with E-state index in [4.69, 9.17) is 28.5 Å². The number of aromatic nitrogens is 1. The number of hydrogen-bond acceptors (Lipinski definition) is 2. The minimum absolute atomic E-state index is 0.120. The summed E-state index contributed by atoms with van der Waals surface area (Å²) in [6, 6.07) is 2.79. The molecule has 0 saturated heterocycles. The normalized spacial score (nSPS) is 12.3. The van der Waals surface area contributed by atoms with Gasteiger partial charge in [-0.05, 0) is 39.8 Å². The third-order valence-corrected chi connectivity index (χ3v) is 4.95. The van der Waals surface area contributed by atoms with Gasteiger partial charge in [0, 0.05) is 6.20 Å². The van der Waals surface area contributed by atoms with E-state index in [1.165, 1.54) is 0 Å². The molecule has 134 valence electrons. The lowest BCUT2D eigenvalue weighted by molar-refractivity contribution is -0.137. The van der Waals surface area contributed by atoms with Gasteiger partial charge in [0.25, 0.3) is 0 Å². The number of halogens is 9. The summed E-state index contributed by atoms with van der Waals surface area (Å²) in [6.07, 6.45) is -3.78. The summed E-state index contributed by atoms with van der Waals surface area (Å²) in [5.41, 5.74) is -6.31. The number of hydrogen-bond donors (Lipinski definition) is 0. The predicted octanol–water partition coefficient (Wildman–Crippen LogP) is 7.05. The molecule has 12 heteroatoms. The zero-order valence-electron chi connectivity index (χ0n) is 11.4. The average Bonchev–Trinajstić information content (AvgIpc) is 2.71. The zero-order chi connectivity index (χ0) is 19.2. The van der Waals surface area contributed by atoms with Crippen LogP contribution in [0.25, 0.3) is 5.69 Å². The van der Waals surface area contributed by atoms with Crippen LogP contribution in [0.15, 0.2) is 27.8 Å². The third-order valence-electron chi connectivity index (χ3n) is 2.83. The SMILES string of the molecule is N#Cc1c(SC(F)(F)F)cn(-c2c(Cl)cc(C(F)(F)F)cc2Cl)c1Br. The molecule has 0 amide bonds. The Morgan fingerprint density at radius 1 is 1.08 bits per heavy atom. The second-order valence-corrected chi connectivity index (χ2v) is 7.15. The van der Waals surface area contributed by atoms with Crippen LogP contribution >= 0.6 is 50.9 Å². The van der Waals surface area contributed by atoms with E-state index in [1.807, 2.05) is 0 Å². The van der Waals surface area contributed by atoms with E-state index >= 15 is 0 Å². The van der Waals surface area contributed by atoms with Gasteiger partial charge < -0.3 is 4.57 Å². The molecule has 2 rings (SSSR count). The lowest BCUT2D eigenvalue weighted by atomic mass is 10.2. The molecule has 25 heavy (non-hydrogen) atoms. The van der Waals surface area contributed by atoms with Gasteiger partial charge in [-0.15, -0.1) is 0 Å². The summed E-state index contributed by atoms with van der Waals surface area (Å²) in [5.74, 6) is 0. The summed E-state index contributed by atoms with van der Waals surface area (Å²) < 4.78 is 76.9. The Kier molecular flexibility index (Phi) is 5.64. The Morgan fingerprint density at radius 3 is 2.00 bits per heavy atom. The van der Waals surface area contributed by atoms with Gasteiger partial charge in [-0.1, -0.05) is 23.2 Å². The van der Waals surface area contributed by atoms with E-state index in [2.05, 4.69) is 15.9 Å². The van der Waals surface area contributed by atoms with E-state index < -0.39 is 44.0 Å². The van der Waals surface area contributed by atoms with Gasteiger partial charge in [0.05, 0.1) is 31.8 Å². The second-order valence-electron chi connectivity index (χ2n) is 4.48. The smallest absolute Gasteiger partial charge is 0.306 e. The van der Waals surface area contributed by atoms with Crippen molar-refractivity contribution >= 4 is 50.9 Å². The van der Waals surface area contributed by atoms with Crippen molar-refractivity contribution in [3.8, 4) is 11.8 Å². The standard InChI is InChI=1S/C13H3BrCl2F6N2S/c14-11-6(3-23)9(25-13(20,21)22)4-24(11)10-7(15)1-5(2-8(10)16)12(17,18)19/h1-2,4H. The van der Waals surface area contributed by atoms with Gasteiger partial charge in [-0.2, -0.15) is 31.6 Å². The van der Waals surface area contributed by atoms with Crippen molar-refractivity contribution in [1.29, 1.82) is 5.26 Å². The Morgan fingerprint density at radius 2 is 1.60 bits per heavy atom. The fourth-order valence-corrected chi connectivity index (χ4v) is 3.92. The molecule has 0 N–H and O–H groups in total. The molecule has 1 aromatic heterocycles. The molecule has 0 atom stereocenters. The summed E-state index contributed by atoms with van der Waals surface area (Å²) in [5, 5.41) is 8.17. The van der Waals surface area contributed by atoms with Crippen LogP contribution in [0.2, 0.25) is 10.0 Å². The molecular weight excluding hydrogens is 481 g/mol. The molecule has 0 aliphatic heterocycles. The van der Waals surface area contributed by atoms with Crippen LogP contribution in [0.4, 0.5) is 26.3 Å². The largest absolute Gasteiger partial charge is 0.446 e. The van der Waals surface area contributed by atoms with Crippen molar-refractivity contribution in [2.24, 2.45) is 0 Å². The van der Waals surface area contributed by atoms with Crippen LogP contribution in [-0.4, -0.2) is 10.1 Å². The summed E-state index contributed by atoms with van der Waals surface area (Å²) >= 11 is 14.1. The van der Waals surface area contributed by atoms with Gasteiger partial charge >= 0.3 is 11.7 Å². The van der Waals surface area contributed by atoms with E-state index in [-0.39, 0.29) is 15.9 Å². The minimum Gasteiger partial charge on any atom is -0.306 e. The van der Waals surface area contributed by atoms with Crippen LogP contribution in [0.5, 0.6) is 0 Å². The molecule has 0 aliphatic rings. The maximum atomic E-state index is 12.8. The minimum atomic E-state index is -4.70. The van der Waals surface area contributed by atoms with Crippen LogP contribution < -0.4 is 0 Å². The first-order valence-corrected chi connectivity index (χ1v) is 8.35. The van der Waals surface area contributed by atoms with Crippen molar-refractivity contribution in [2.75, 3.05) is 0 Å². The molecule has 1 heterocycles. The number of benzene rings is 1. The van der Waals surface area contributed by atoms with Crippen LogP contribution in [0, 0.1) is 11.3 Å². The first kappa shape index (κ1) is 20.3. The average molecular weight is 484 g/mol. The number of rotatable bonds is 2. The highest BCUT2D eigenvalue weighted by Crippen LogP contribution is 2.44. The number of thioether (sulfide) groups is 1. The molecule has 2 aromatic rings. The maximum absolute atomic E-state index is 12.8. The lowest BCUT2D eigenvalue weighted by Crippen LogP contribution is -2.06. The molecule has 0 bridgehead atoms. The van der Waals surface area contributed by atoms with E-state index in [0.29, 0.717) is 12.1 Å². The number of nitriles is 1. The summed E-state index contributed by atoms with van der Waals surface area (Å²) in [4.78, 5) is -0.450. The molecule has 0 radical (unpaired) electrons. The summed E-state index contributed by atoms with van der Waals surface area (Å²) in [7, 11) is 0. The highest BCUT2D eigenvalue weighted by atomic mass is 79.9. The van der Waals surface area contributed by atoms with Gasteiger partial charge in [-0.3, -0.25) is 0 Å². The van der Waals surface area contributed by atoms with Crippen molar-refractivity contribution in [1.82, 2.24) is 4.57 Å². The first-order chi connectivity index (χ1) is 11.3. The van der Waals surface area contributed by atoms with Crippen molar-refractivity contribution < 1.29 is 26.3 Å². The lowest BCUT2D eigenvalue weighted by Gasteiger charge is -2.14. The monoisotopic (exact) mass is 482 g/mol. The molecule has 0 spiro atoms. The van der Waals surface area contributed by atoms with Gasteiger partial charge in [0.1, 0.15) is 10.7 Å². The second kappa shape index (κ2) is 6.95. The molecular formula is C13H3BrCl2F6N2S. The van der Waals surface area contributed by atoms with Gasteiger partial charge in [-0.25, -0.2) is 0 Å². The van der Waals surface area contributed by atoms with Crippen molar-refractivity contribution in [3.63, 3.8) is 0 Å². The number of nitrogens with zero attached hydrogens (tertiary/aromatic N) is 2. The first-order valence-electron chi connectivity index (χ1n) is 5.98. The van der Waals surface area contributed by atoms with E-state index in [0.717, 1.165) is 10.8 Å². The maximum Gasteiger partial charge on any atom is 0.446 e. The molecule has 0 unspecified atom stereocenters. The molecule has 0 fully saturated rings. The van der Waals surface area contributed by atoms with Crippen molar-refractivity contribution in [2.45, 2.75) is 16.6 Å². The highest BCUT2D eigenvalue weighted by Gasteiger charge is 2.34. The zero-order valence-corrected chi connectivity index (χ0v) is 15.4. The fraction of sp³-hybridized carbons (Fsp3) is 0.154. The Balaban J connectivity index is 2.66. The predicted molar refractivity (Wildman–Crippen MR) is 85.1 cm³/mol. The number of alkyl halides is 6. The molecule has 0 aliphatic carbocycles. The highest BCUT2D eigenvalue weighted by molar-refractivity contribution is 9.10. The van der Waals surface area contributed by atoms with Gasteiger partial charge in [0.2, 0.25) is 0 Å². The molecule has 2 nitrogen and oxygen atoms in total. The topological polar surface area (TPSA) is 28.7 Å². The quantitative estimate of drug-likeness (QED) is 0.338. The Hall–Kier alpha value is -1.02. The van der Waals surface area contributed by atoms with Crippen molar-refractivity contribution in [3.05, 3.63) is 44.1 Å². The van der Waals surface area contributed by atoms with Gasteiger partial charge in [0.15, 0.2) is 0 Å². The van der Waals surface area contributed by atoms with Crippen LogP contribution in [-0.2, 0) is 6.18 Å². The van der Waals surface area contributed by atoms with E-state index in [9.17, 15) is 26.3 Å². The molecule has 0 saturated carbocycles. The van der Waals surface area contributed by atoms with E-state index in [1.54, 1.807) is 6.07 Å². The van der Waals surface area contributed by atoms with Crippen LogP contribution in [0.1, 0.15) is 11.1 Å².